The lowest BCUT2D eigenvalue weighted by Crippen LogP contribution is -2.31. The highest BCUT2D eigenvalue weighted by Gasteiger charge is 2.47. The molecule has 3 aromatic rings. The van der Waals surface area contributed by atoms with Crippen molar-refractivity contribution in [2.45, 2.75) is 37.2 Å². The number of carbonyl (C=O) groups is 1. The second-order valence-electron chi connectivity index (χ2n) is 7.42. The quantitative estimate of drug-likeness (QED) is 0.603. The van der Waals surface area contributed by atoms with Gasteiger partial charge in [0.1, 0.15) is 5.60 Å². The van der Waals surface area contributed by atoms with Crippen LogP contribution in [0.4, 0.5) is 0 Å². The normalized spacial score (nSPS) is 24.0. The Morgan fingerprint density at radius 2 is 1.89 bits per heavy atom. The van der Waals surface area contributed by atoms with Gasteiger partial charge in [-0.15, -0.1) is 0 Å². The van der Waals surface area contributed by atoms with Crippen molar-refractivity contribution in [2.24, 2.45) is 0 Å². The molecule has 0 atom stereocenters. The van der Waals surface area contributed by atoms with E-state index >= 15 is 0 Å². The number of rotatable bonds is 2. The van der Waals surface area contributed by atoms with E-state index in [1.807, 2.05) is 48.5 Å². The van der Waals surface area contributed by atoms with Gasteiger partial charge in [-0.1, -0.05) is 41.9 Å². The van der Waals surface area contributed by atoms with Gasteiger partial charge in [-0.25, -0.2) is 4.79 Å². The maximum atomic E-state index is 12.2. The maximum absolute atomic E-state index is 12.2. The molecule has 4 nitrogen and oxygen atoms in total. The molecular formula is C22H19ClN2O2. The van der Waals surface area contributed by atoms with E-state index in [0.29, 0.717) is 10.9 Å². The lowest BCUT2D eigenvalue weighted by molar-refractivity contribution is -0.0310. The number of aromatic amines is 1. The summed E-state index contributed by atoms with van der Waals surface area (Å²) in [4.78, 5) is 12.2. The van der Waals surface area contributed by atoms with Crippen molar-refractivity contribution >= 4 is 17.6 Å². The van der Waals surface area contributed by atoms with Crippen molar-refractivity contribution < 1.29 is 9.53 Å². The van der Waals surface area contributed by atoms with E-state index in [1.165, 1.54) is 0 Å². The number of nitrogens with zero attached hydrogens (tertiary/aromatic N) is 1. The first-order chi connectivity index (χ1) is 13.1. The van der Waals surface area contributed by atoms with Gasteiger partial charge in [0.15, 0.2) is 0 Å². The fourth-order valence-electron chi connectivity index (χ4n) is 4.45. The van der Waals surface area contributed by atoms with Crippen LogP contribution < -0.4 is 0 Å². The molecule has 1 N–H and O–H groups in total. The van der Waals surface area contributed by atoms with Crippen molar-refractivity contribution in [3.63, 3.8) is 0 Å². The van der Waals surface area contributed by atoms with E-state index < -0.39 is 5.60 Å². The molecule has 2 aromatic carbocycles. The van der Waals surface area contributed by atoms with Crippen LogP contribution >= 0.6 is 11.6 Å². The third-order valence-electron chi connectivity index (χ3n) is 5.88. The summed E-state index contributed by atoms with van der Waals surface area (Å²) in [6.45, 7) is 0. The Kier molecular flexibility index (Phi) is 3.83. The van der Waals surface area contributed by atoms with Crippen LogP contribution in [-0.4, -0.2) is 16.2 Å². The zero-order chi connectivity index (χ0) is 18.4. The summed E-state index contributed by atoms with van der Waals surface area (Å²) >= 11 is 6.09. The summed E-state index contributed by atoms with van der Waals surface area (Å²) in [6.07, 6.45) is 3.59. The van der Waals surface area contributed by atoms with Crippen LogP contribution in [0.3, 0.4) is 0 Å². The van der Waals surface area contributed by atoms with Gasteiger partial charge in [0, 0.05) is 27.8 Å². The molecule has 27 heavy (non-hydrogen) atoms. The number of esters is 1. The number of fused-ring (bicyclic) bond motifs is 2. The Balaban J connectivity index is 1.36. The number of ether oxygens (including phenoxy) is 1. The van der Waals surface area contributed by atoms with Crippen LogP contribution in [-0.2, 0) is 10.3 Å². The fourth-order valence-corrected chi connectivity index (χ4v) is 4.64. The summed E-state index contributed by atoms with van der Waals surface area (Å²) in [7, 11) is 0. The van der Waals surface area contributed by atoms with E-state index in [4.69, 9.17) is 16.3 Å². The zero-order valence-electron chi connectivity index (χ0n) is 14.7. The van der Waals surface area contributed by atoms with Crippen molar-refractivity contribution in [3.05, 3.63) is 76.4 Å². The molecule has 1 spiro atoms. The zero-order valence-corrected chi connectivity index (χ0v) is 15.5. The predicted octanol–water partition coefficient (Wildman–Crippen LogP) is 5.45. The average molecular weight is 379 g/mol. The molecular weight excluding hydrogens is 360 g/mol. The molecule has 0 amide bonds. The number of halogens is 1. The Bertz CT molecular complexity index is 1020. The Hall–Kier alpha value is -2.59. The Morgan fingerprint density at radius 3 is 2.70 bits per heavy atom. The van der Waals surface area contributed by atoms with Gasteiger partial charge >= 0.3 is 5.97 Å². The molecule has 5 heteroatoms. The summed E-state index contributed by atoms with van der Waals surface area (Å²) in [6, 6.07) is 17.6. The number of benzene rings is 2. The lowest BCUT2D eigenvalue weighted by atomic mass is 9.74. The smallest absolute Gasteiger partial charge is 0.339 e. The maximum Gasteiger partial charge on any atom is 0.339 e. The van der Waals surface area contributed by atoms with Crippen molar-refractivity contribution in [1.29, 1.82) is 0 Å². The van der Waals surface area contributed by atoms with Crippen molar-refractivity contribution in [1.82, 2.24) is 10.2 Å². The third-order valence-corrected chi connectivity index (χ3v) is 6.11. The SMILES string of the molecule is O=C1O[C@]2(CC[C@H](c3cc(-c4cccc(Cl)c4)n[nH]3)CC2)c2ccccc21. The molecule has 0 saturated heterocycles. The molecule has 0 radical (unpaired) electrons. The van der Waals surface area contributed by atoms with E-state index in [1.54, 1.807) is 0 Å². The second kappa shape index (κ2) is 6.24. The molecule has 0 unspecified atom stereocenters. The van der Waals surface area contributed by atoms with Gasteiger partial charge in [-0.3, -0.25) is 5.10 Å². The van der Waals surface area contributed by atoms with Crippen LogP contribution in [0.1, 0.15) is 53.2 Å². The molecule has 1 aliphatic carbocycles. The van der Waals surface area contributed by atoms with Crippen molar-refractivity contribution in [2.75, 3.05) is 0 Å². The summed E-state index contributed by atoms with van der Waals surface area (Å²) in [5.74, 6) is 0.205. The number of hydrogen-bond donors (Lipinski definition) is 1. The molecule has 2 aliphatic rings. The van der Waals surface area contributed by atoms with Gasteiger partial charge in [0.2, 0.25) is 0 Å². The highest BCUT2D eigenvalue weighted by atomic mass is 35.5. The van der Waals surface area contributed by atoms with E-state index in [-0.39, 0.29) is 5.97 Å². The first-order valence-corrected chi connectivity index (χ1v) is 9.66. The van der Waals surface area contributed by atoms with E-state index in [2.05, 4.69) is 16.3 Å². The molecule has 1 aliphatic heterocycles. The molecule has 1 saturated carbocycles. The summed E-state index contributed by atoms with van der Waals surface area (Å²) in [5.41, 5.74) is 4.39. The van der Waals surface area contributed by atoms with Gasteiger partial charge in [-0.05, 0) is 49.9 Å². The number of carbonyl (C=O) groups excluding carboxylic acids is 1. The van der Waals surface area contributed by atoms with Crippen LogP contribution in [0, 0.1) is 0 Å². The molecule has 5 rings (SSSR count). The van der Waals surface area contributed by atoms with Crippen LogP contribution in [0.15, 0.2) is 54.6 Å². The number of H-pyrrole nitrogens is 1. The minimum atomic E-state index is -0.444. The average Bonchev–Trinajstić information content (AvgIpc) is 3.28. The fraction of sp³-hybridized carbons (Fsp3) is 0.273. The second-order valence-corrected chi connectivity index (χ2v) is 7.86. The van der Waals surface area contributed by atoms with Crippen LogP contribution in [0.25, 0.3) is 11.3 Å². The van der Waals surface area contributed by atoms with E-state index in [9.17, 15) is 4.79 Å². The van der Waals surface area contributed by atoms with Crippen molar-refractivity contribution in [3.8, 4) is 11.3 Å². The molecule has 136 valence electrons. The van der Waals surface area contributed by atoms with Crippen LogP contribution in [0.2, 0.25) is 5.02 Å². The number of hydrogen-bond acceptors (Lipinski definition) is 3. The first-order valence-electron chi connectivity index (χ1n) is 9.29. The molecule has 1 fully saturated rings. The topological polar surface area (TPSA) is 55.0 Å². The predicted molar refractivity (Wildman–Crippen MR) is 104 cm³/mol. The molecule has 1 aromatic heterocycles. The molecule has 0 bridgehead atoms. The van der Waals surface area contributed by atoms with Gasteiger partial charge in [0.25, 0.3) is 0 Å². The lowest BCUT2D eigenvalue weighted by Gasteiger charge is -2.36. The Morgan fingerprint density at radius 1 is 1.07 bits per heavy atom. The van der Waals surface area contributed by atoms with Gasteiger partial charge in [-0.2, -0.15) is 5.10 Å². The van der Waals surface area contributed by atoms with Crippen LogP contribution in [0.5, 0.6) is 0 Å². The minimum absolute atomic E-state index is 0.186. The largest absolute Gasteiger partial charge is 0.451 e. The van der Waals surface area contributed by atoms with E-state index in [0.717, 1.165) is 53.8 Å². The number of aromatic nitrogens is 2. The summed E-state index contributed by atoms with van der Waals surface area (Å²) in [5, 5.41) is 8.38. The molecule has 2 heterocycles. The van der Waals surface area contributed by atoms with Gasteiger partial charge < -0.3 is 4.74 Å². The number of nitrogens with one attached hydrogen (secondary N) is 1. The third kappa shape index (κ3) is 2.76. The van der Waals surface area contributed by atoms with Gasteiger partial charge in [0.05, 0.1) is 11.3 Å². The minimum Gasteiger partial charge on any atom is -0.451 e. The summed E-state index contributed by atoms with van der Waals surface area (Å²) < 4.78 is 5.85. The standard InChI is InChI=1S/C22H19ClN2O2/c23-16-5-3-4-15(12-16)20-13-19(24-25-20)14-8-10-22(11-9-14)18-7-2-1-6-17(18)21(26)27-22/h1-7,12-14H,8-11H2,(H,24,25)/t14-,22-. The monoisotopic (exact) mass is 378 g/mol. The first kappa shape index (κ1) is 16.6. The highest BCUT2D eigenvalue weighted by molar-refractivity contribution is 6.30. The highest BCUT2D eigenvalue weighted by Crippen LogP contribution is 2.50. The Labute approximate surface area is 162 Å².